The van der Waals surface area contributed by atoms with Gasteiger partial charge in [0.05, 0.1) is 13.7 Å². The van der Waals surface area contributed by atoms with Crippen molar-refractivity contribution in [2.45, 2.75) is 58.2 Å². The van der Waals surface area contributed by atoms with Crippen molar-refractivity contribution in [3.8, 4) is 11.5 Å². The molecule has 7 heteroatoms. The van der Waals surface area contributed by atoms with Crippen molar-refractivity contribution in [2.24, 2.45) is 0 Å². The summed E-state index contributed by atoms with van der Waals surface area (Å²) in [4.78, 5) is 28.9. The molecule has 0 spiro atoms. The van der Waals surface area contributed by atoms with Gasteiger partial charge >= 0.3 is 0 Å². The van der Waals surface area contributed by atoms with Crippen molar-refractivity contribution in [2.75, 3.05) is 13.7 Å². The lowest BCUT2D eigenvalue weighted by Crippen LogP contribution is -2.52. The van der Waals surface area contributed by atoms with Gasteiger partial charge in [-0.25, -0.2) is 0 Å². The lowest BCUT2D eigenvalue weighted by molar-refractivity contribution is -0.141. The number of amides is 2. The predicted molar refractivity (Wildman–Crippen MR) is 152 cm³/mol. The SMILES string of the molecule is CC[C@@H](C)NC(=O)[C@H](Cc1ccccc1)N(Cc1ccc(Cl)cc1)C(=O)CCCOc1ccc(OC)cc1. The molecular formula is C31H37ClN2O4. The summed E-state index contributed by atoms with van der Waals surface area (Å²) >= 11 is 6.09. The minimum absolute atomic E-state index is 0.00570. The van der Waals surface area contributed by atoms with Crippen LogP contribution in [-0.4, -0.2) is 42.5 Å². The van der Waals surface area contributed by atoms with Gasteiger partial charge in [-0.15, -0.1) is 0 Å². The van der Waals surface area contributed by atoms with Gasteiger partial charge in [0.2, 0.25) is 11.8 Å². The van der Waals surface area contributed by atoms with E-state index in [0.717, 1.165) is 23.3 Å². The molecular weight excluding hydrogens is 500 g/mol. The number of rotatable bonds is 14. The maximum atomic E-state index is 13.6. The van der Waals surface area contributed by atoms with Gasteiger partial charge < -0.3 is 19.7 Å². The van der Waals surface area contributed by atoms with E-state index in [0.29, 0.717) is 36.8 Å². The third kappa shape index (κ3) is 9.10. The maximum absolute atomic E-state index is 13.6. The number of hydrogen-bond acceptors (Lipinski definition) is 4. The third-order valence-electron chi connectivity index (χ3n) is 6.40. The van der Waals surface area contributed by atoms with Crippen LogP contribution in [0.3, 0.4) is 0 Å². The smallest absolute Gasteiger partial charge is 0.243 e. The van der Waals surface area contributed by atoms with Gasteiger partial charge in [-0.05, 0) is 67.3 Å². The number of benzene rings is 3. The first-order valence-corrected chi connectivity index (χ1v) is 13.4. The summed E-state index contributed by atoms with van der Waals surface area (Å²) in [5.74, 6) is 1.22. The molecule has 3 rings (SSSR count). The molecule has 0 aliphatic rings. The fourth-order valence-corrected chi connectivity index (χ4v) is 4.14. The quantitative estimate of drug-likeness (QED) is 0.254. The molecule has 0 heterocycles. The first-order valence-electron chi connectivity index (χ1n) is 13.0. The van der Waals surface area contributed by atoms with Crippen LogP contribution >= 0.6 is 11.6 Å². The topological polar surface area (TPSA) is 67.9 Å². The highest BCUT2D eigenvalue weighted by atomic mass is 35.5. The summed E-state index contributed by atoms with van der Waals surface area (Å²) in [6, 6.07) is 23.9. The van der Waals surface area contributed by atoms with Crippen LogP contribution in [0.5, 0.6) is 11.5 Å². The lowest BCUT2D eigenvalue weighted by Gasteiger charge is -2.32. The second-order valence-electron chi connectivity index (χ2n) is 9.30. The fraction of sp³-hybridized carbons (Fsp3) is 0.355. The zero-order valence-electron chi connectivity index (χ0n) is 22.4. The van der Waals surface area contributed by atoms with Gasteiger partial charge in [-0.3, -0.25) is 9.59 Å². The Kier molecular flexibility index (Phi) is 11.5. The van der Waals surface area contributed by atoms with Crippen LogP contribution in [-0.2, 0) is 22.6 Å². The molecule has 2 atom stereocenters. The van der Waals surface area contributed by atoms with Crippen LogP contribution in [0.1, 0.15) is 44.2 Å². The summed E-state index contributed by atoms with van der Waals surface area (Å²) in [7, 11) is 1.62. The molecule has 6 nitrogen and oxygen atoms in total. The molecule has 2 amide bonds. The molecule has 3 aromatic rings. The van der Waals surface area contributed by atoms with Crippen molar-refractivity contribution in [1.29, 1.82) is 0 Å². The Balaban J connectivity index is 1.77. The maximum Gasteiger partial charge on any atom is 0.243 e. The summed E-state index contributed by atoms with van der Waals surface area (Å²) in [6.07, 6.45) is 2.00. The molecule has 38 heavy (non-hydrogen) atoms. The predicted octanol–water partition coefficient (Wildman–Crippen LogP) is 6.06. The second kappa shape index (κ2) is 15.0. The van der Waals surface area contributed by atoms with E-state index in [1.807, 2.05) is 80.6 Å². The highest BCUT2D eigenvalue weighted by Crippen LogP contribution is 2.20. The van der Waals surface area contributed by atoms with E-state index in [4.69, 9.17) is 21.1 Å². The van der Waals surface area contributed by atoms with Gasteiger partial charge in [0.15, 0.2) is 0 Å². The monoisotopic (exact) mass is 536 g/mol. The molecule has 202 valence electrons. The third-order valence-corrected chi connectivity index (χ3v) is 6.65. The molecule has 0 aliphatic heterocycles. The van der Waals surface area contributed by atoms with Gasteiger partial charge in [0.25, 0.3) is 0 Å². The van der Waals surface area contributed by atoms with Crippen LogP contribution in [0.15, 0.2) is 78.9 Å². The van der Waals surface area contributed by atoms with Crippen LogP contribution < -0.4 is 14.8 Å². The van der Waals surface area contributed by atoms with Crippen molar-refractivity contribution < 1.29 is 19.1 Å². The van der Waals surface area contributed by atoms with Crippen molar-refractivity contribution in [3.05, 3.63) is 95.0 Å². The van der Waals surface area contributed by atoms with E-state index in [9.17, 15) is 9.59 Å². The standard InChI is InChI=1S/C31H37ClN2O4/c1-4-23(2)33-31(36)29(21-24-9-6-5-7-10-24)34(22-25-12-14-26(32)15-13-25)30(35)11-8-20-38-28-18-16-27(37-3)17-19-28/h5-7,9-10,12-19,23,29H,4,8,11,20-22H2,1-3H3,(H,33,36)/t23-,29+/m1/s1. The first kappa shape index (κ1) is 29.1. The van der Waals surface area contributed by atoms with Crippen LogP contribution in [0.4, 0.5) is 0 Å². The van der Waals surface area contributed by atoms with E-state index >= 15 is 0 Å². The molecule has 0 bridgehead atoms. The van der Waals surface area contributed by atoms with Crippen molar-refractivity contribution >= 4 is 23.4 Å². The molecule has 0 saturated heterocycles. The van der Waals surface area contributed by atoms with Gasteiger partial charge in [0, 0.05) is 30.5 Å². The van der Waals surface area contributed by atoms with E-state index in [1.54, 1.807) is 24.1 Å². The van der Waals surface area contributed by atoms with Crippen molar-refractivity contribution in [1.82, 2.24) is 10.2 Å². The molecule has 1 N–H and O–H groups in total. The molecule has 0 fully saturated rings. The highest BCUT2D eigenvalue weighted by molar-refractivity contribution is 6.30. The van der Waals surface area contributed by atoms with E-state index < -0.39 is 6.04 Å². The number of carbonyl (C=O) groups is 2. The summed E-state index contributed by atoms with van der Waals surface area (Å²) < 4.78 is 11.0. The number of ether oxygens (including phenoxy) is 2. The normalized spacial score (nSPS) is 12.3. The molecule has 0 aliphatic carbocycles. The average Bonchev–Trinajstić information content (AvgIpc) is 2.94. The summed E-state index contributed by atoms with van der Waals surface area (Å²) in [5, 5.41) is 3.71. The molecule has 3 aromatic carbocycles. The lowest BCUT2D eigenvalue weighted by atomic mass is 10.0. The Bertz CT molecular complexity index is 1140. The molecule has 0 unspecified atom stereocenters. The Morgan fingerprint density at radius 1 is 0.921 bits per heavy atom. The minimum Gasteiger partial charge on any atom is -0.497 e. The number of nitrogens with one attached hydrogen (secondary N) is 1. The number of hydrogen-bond donors (Lipinski definition) is 1. The fourth-order valence-electron chi connectivity index (χ4n) is 4.01. The zero-order valence-corrected chi connectivity index (χ0v) is 23.1. The van der Waals surface area contributed by atoms with Gasteiger partial charge in [-0.1, -0.05) is 61.0 Å². The van der Waals surface area contributed by atoms with Crippen LogP contribution in [0.2, 0.25) is 5.02 Å². The summed E-state index contributed by atoms with van der Waals surface area (Å²) in [6.45, 7) is 4.69. The Morgan fingerprint density at radius 3 is 2.21 bits per heavy atom. The highest BCUT2D eigenvalue weighted by Gasteiger charge is 2.30. The second-order valence-corrected chi connectivity index (χ2v) is 9.74. The van der Waals surface area contributed by atoms with E-state index in [2.05, 4.69) is 5.32 Å². The molecule has 0 saturated carbocycles. The van der Waals surface area contributed by atoms with Crippen LogP contribution in [0, 0.1) is 0 Å². The molecule has 0 aromatic heterocycles. The molecule has 0 radical (unpaired) electrons. The van der Waals surface area contributed by atoms with Gasteiger partial charge in [0.1, 0.15) is 17.5 Å². The average molecular weight is 537 g/mol. The Labute approximate surface area is 230 Å². The number of halogens is 1. The minimum atomic E-state index is -0.655. The first-order chi connectivity index (χ1) is 18.4. The Hall–Kier alpha value is -3.51. The van der Waals surface area contributed by atoms with Crippen LogP contribution in [0.25, 0.3) is 0 Å². The van der Waals surface area contributed by atoms with Gasteiger partial charge in [-0.2, -0.15) is 0 Å². The number of methoxy groups -OCH3 is 1. The van der Waals surface area contributed by atoms with E-state index in [1.165, 1.54) is 0 Å². The van der Waals surface area contributed by atoms with Crippen molar-refractivity contribution in [3.63, 3.8) is 0 Å². The number of nitrogens with zero attached hydrogens (tertiary/aromatic N) is 1. The largest absolute Gasteiger partial charge is 0.497 e. The Morgan fingerprint density at radius 2 is 1.58 bits per heavy atom. The zero-order chi connectivity index (χ0) is 27.3. The number of carbonyl (C=O) groups excluding carboxylic acids is 2. The summed E-state index contributed by atoms with van der Waals surface area (Å²) in [5.41, 5.74) is 1.90. The van der Waals surface area contributed by atoms with E-state index in [-0.39, 0.29) is 24.3 Å².